The molecule has 0 saturated heterocycles. The third kappa shape index (κ3) is 2.92. The number of para-hydroxylation sites is 1. The van der Waals surface area contributed by atoms with E-state index in [1.807, 2.05) is 31.4 Å². The average Bonchev–Trinajstić information content (AvgIpc) is 2.38. The van der Waals surface area contributed by atoms with Gasteiger partial charge in [-0.05, 0) is 50.2 Å². The molecule has 0 aliphatic heterocycles. The Bertz CT molecular complexity index is 529. The van der Waals surface area contributed by atoms with Crippen molar-refractivity contribution in [3.63, 3.8) is 0 Å². The van der Waals surface area contributed by atoms with Crippen LogP contribution in [-0.4, -0.2) is 18.6 Å². The van der Waals surface area contributed by atoms with Gasteiger partial charge in [-0.15, -0.1) is 0 Å². The maximum atomic E-state index is 4.47. The molecule has 0 bridgehead atoms. The van der Waals surface area contributed by atoms with Crippen LogP contribution in [0.1, 0.15) is 18.9 Å². The van der Waals surface area contributed by atoms with Gasteiger partial charge in [-0.1, -0.05) is 24.3 Å². The molecule has 0 aliphatic rings. The van der Waals surface area contributed by atoms with E-state index in [0.717, 1.165) is 18.5 Å². The summed E-state index contributed by atoms with van der Waals surface area (Å²) in [5, 5.41) is 4.34. The van der Waals surface area contributed by atoms with Gasteiger partial charge in [0.25, 0.3) is 0 Å². The van der Waals surface area contributed by atoms with Crippen LogP contribution in [0.15, 0.2) is 42.6 Å². The minimum atomic E-state index is 1.01. The highest BCUT2D eigenvalue weighted by molar-refractivity contribution is 5.82. The van der Waals surface area contributed by atoms with Crippen molar-refractivity contribution >= 4 is 16.5 Å². The van der Waals surface area contributed by atoms with Crippen molar-refractivity contribution in [3.05, 3.63) is 48.2 Å². The molecule has 0 spiro atoms. The van der Waals surface area contributed by atoms with E-state index in [1.165, 1.54) is 16.5 Å². The molecule has 1 heterocycles. The first-order chi connectivity index (χ1) is 8.31. The zero-order chi connectivity index (χ0) is 12.1. The van der Waals surface area contributed by atoms with Crippen molar-refractivity contribution < 1.29 is 0 Å². The fourth-order valence-corrected chi connectivity index (χ4v) is 1.84. The summed E-state index contributed by atoms with van der Waals surface area (Å²) in [4.78, 5) is 4.47. The molecule has 0 aliphatic carbocycles. The molecular formula is C15H18N2. The van der Waals surface area contributed by atoms with E-state index >= 15 is 0 Å². The second kappa shape index (κ2) is 5.60. The lowest BCUT2D eigenvalue weighted by atomic mass is 10.1. The van der Waals surface area contributed by atoms with Gasteiger partial charge >= 0.3 is 0 Å². The van der Waals surface area contributed by atoms with Crippen LogP contribution < -0.4 is 5.32 Å². The monoisotopic (exact) mass is 226 g/mol. The molecule has 0 saturated carbocycles. The molecule has 2 rings (SSSR count). The molecule has 0 atom stereocenters. The molecule has 2 nitrogen and oxygen atoms in total. The zero-order valence-corrected chi connectivity index (χ0v) is 10.4. The zero-order valence-electron chi connectivity index (χ0n) is 10.4. The maximum absolute atomic E-state index is 4.47. The van der Waals surface area contributed by atoms with Gasteiger partial charge in [0.1, 0.15) is 0 Å². The van der Waals surface area contributed by atoms with Crippen LogP contribution >= 0.6 is 0 Å². The summed E-state index contributed by atoms with van der Waals surface area (Å²) in [6, 6.07) is 10.4. The van der Waals surface area contributed by atoms with E-state index in [4.69, 9.17) is 0 Å². The standard InChI is InChI=1S/C15H18N2/c1-12(6-5-9-16-2)14-10-13-7-3-4-8-15(13)17-11-14/h3-4,6-8,10-11,16H,5,9H2,1-2H3. The third-order valence-electron chi connectivity index (χ3n) is 2.89. The highest BCUT2D eigenvalue weighted by Gasteiger charge is 1.98. The number of hydrogen-bond donors (Lipinski definition) is 1. The lowest BCUT2D eigenvalue weighted by Gasteiger charge is -2.03. The van der Waals surface area contributed by atoms with Crippen molar-refractivity contribution in [2.75, 3.05) is 13.6 Å². The predicted octanol–water partition coefficient (Wildman–Crippen LogP) is 3.25. The van der Waals surface area contributed by atoms with E-state index < -0.39 is 0 Å². The second-order valence-electron chi connectivity index (χ2n) is 4.20. The van der Waals surface area contributed by atoms with Crippen LogP contribution in [0, 0.1) is 0 Å². The number of hydrogen-bond acceptors (Lipinski definition) is 2. The summed E-state index contributed by atoms with van der Waals surface area (Å²) in [6.45, 7) is 3.15. The normalized spacial score (nSPS) is 12.0. The molecule has 88 valence electrons. The fourth-order valence-electron chi connectivity index (χ4n) is 1.84. The van der Waals surface area contributed by atoms with Gasteiger partial charge in [0.15, 0.2) is 0 Å². The summed E-state index contributed by atoms with van der Waals surface area (Å²) in [5.74, 6) is 0. The molecule has 1 aromatic heterocycles. The first kappa shape index (κ1) is 11.8. The van der Waals surface area contributed by atoms with Gasteiger partial charge in [-0.25, -0.2) is 0 Å². The first-order valence-corrected chi connectivity index (χ1v) is 5.98. The van der Waals surface area contributed by atoms with Crippen LogP contribution in [0.2, 0.25) is 0 Å². The van der Waals surface area contributed by atoms with Crippen LogP contribution in [0.3, 0.4) is 0 Å². The largest absolute Gasteiger partial charge is 0.319 e. The van der Waals surface area contributed by atoms with Crippen molar-refractivity contribution in [3.8, 4) is 0 Å². The van der Waals surface area contributed by atoms with E-state index in [0.29, 0.717) is 0 Å². The Morgan fingerprint density at radius 2 is 2.18 bits per heavy atom. The Kier molecular flexibility index (Phi) is 3.89. The summed E-state index contributed by atoms with van der Waals surface area (Å²) < 4.78 is 0. The van der Waals surface area contributed by atoms with Gasteiger partial charge in [0.05, 0.1) is 5.52 Å². The van der Waals surface area contributed by atoms with Gasteiger partial charge in [-0.2, -0.15) is 0 Å². The number of nitrogens with zero attached hydrogens (tertiary/aromatic N) is 1. The average molecular weight is 226 g/mol. The van der Waals surface area contributed by atoms with E-state index in [-0.39, 0.29) is 0 Å². The van der Waals surface area contributed by atoms with Gasteiger partial charge in [0.2, 0.25) is 0 Å². The SMILES string of the molecule is CNCCC=C(C)c1cnc2ccccc2c1. The molecule has 17 heavy (non-hydrogen) atoms. The Morgan fingerprint density at radius 3 is 3.00 bits per heavy atom. The smallest absolute Gasteiger partial charge is 0.0702 e. The number of rotatable bonds is 4. The van der Waals surface area contributed by atoms with Crippen molar-refractivity contribution in [2.24, 2.45) is 0 Å². The van der Waals surface area contributed by atoms with Crippen LogP contribution in [0.5, 0.6) is 0 Å². The lowest BCUT2D eigenvalue weighted by molar-refractivity contribution is 0.808. The van der Waals surface area contributed by atoms with E-state index in [1.54, 1.807) is 0 Å². The Balaban J connectivity index is 2.26. The Hall–Kier alpha value is -1.67. The molecule has 0 amide bonds. The number of benzene rings is 1. The number of aromatic nitrogens is 1. The number of pyridine rings is 1. The van der Waals surface area contributed by atoms with Gasteiger partial charge in [0, 0.05) is 11.6 Å². The molecule has 0 radical (unpaired) electrons. The Labute approximate surface area is 102 Å². The highest BCUT2D eigenvalue weighted by atomic mass is 14.8. The minimum absolute atomic E-state index is 1.01. The molecule has 0 unspecified atom stereocenters. The summed E-state index contributed by atoms with van der Waals surface area (Å²) in [6.07, 6.45) is 5.25. The van der Waals surface area contributed by atoms with E-state index in [9.17, 15) is 0 Å². The summed E-state index contributed by atoms with van der Waals surface area (Å²) in [5.41, 5.74) is 3.55. The predicted molar refractivity (Wildman–Crippen MR) is 73.9 cm³/mol. The van der Waals surface area contributed by atoms with Crippen LogP contribution in [0.25, 0.3) is 16.5 Å². The van der Waals surface area contributed by atoms with E-state index in [2.05, 4.69) is 35.4 Å². The molecular weight excluding hydrogens is 208 g/mol. The topological polar surface area (TPSA) is 24.9 Å². The van der Waals surface area contributed by atoms with Crippen molar-refractivity contribution in [1.29, 1.82) is 0 Å². The molecule has 2 heteroatoms. The van der Waals surface area contributed by atoms with Gasteiger partial charge < -0.3 is 5.32 Å². The first-order valence-electron chi connectivity index (χ1n) is 5.98. The van der Waals surface area contributed by atoms with Crippen molar-refractivity contribution in [1.82, 2.24) is 10.3 Å². The van der Waals surface area contributed by atoms with Crippen molar-refractivity contribution in [2.45, 2.75) is 13.3 Å². The molecule has 2 aromatic rings. The van der Waals surface area contributed by atoms with Crippen LogP contribution in [0.4, 0.5) is 0 Å². The highest BCUT2D eigenvalue weighted by Crippen LogP contribution is 2.18. The molecule has 1 N–H and O–H groups in total. The number of fused-ring (bicyclic) bond motifs is 1. The molecule has 1 aromatic carbocycles. The third-order valence-corrected chi connectivity index (χ3v) is 2.89. The molecule has 0 fully saturated rings. The number of nitrogens with one attached hydrogen (secondary N) is 1. The second-order valence-corrected chi connectivity index (χ2v) is 4.20. The summed E-state index contributed by atoms with van der Waals surface area (Å²) in [7, 11) is 1.97. The fraction of sp³-hybridized carbons (Fsp3) is 0.267. The van der Waals surface area contributed by atoms with Gasteiger partial charge in [-0.3, -0.25) is 4.98 Å². The van der Waals surface area contributed by atoms with Crippen LogP contribution in [-0.2, 0) is 0 Å². The Morgan fingerprint density at radius 1 is 1.35 bits per heavy atom. The number of allylic oxidation sites excluding steroid dienone is 1. The minimum Gasteiger partial charge on any atom is -0.319 e. The maximum Gasteiger partial charge on any atom is 0.0702 e. The quantitative estimate of drug-likeness (QED) is 0.809. The summed E-state index contributed by atoms with van der Waals surface area (Å²) >= 11 is 0. The lowest BCUT2D eigenvalue weighted by Crippen LogP contribution is -2.05.